The summed E-state index contributed by atoms with van der Waals surface area (Å²) in [4.78, 5) is 0. The van der Waals surface area contributed by atoms with Crippen molar-refractivity contribution >= 4 is 0 Å². The van der Waals surface area contributed by atoms with E-state index in [0.717, 1.165) is 17.9 Å². The predicted molar refractivity (Wildman–Crippen MR) is 71.6 cm³/mol. The Kier molecular flexibility index (Phi) is 3.99. The molecule has 0 radical (unpaired) electrons. The number of methoxy groups -OCH3 is 1. The number of aryl methyl sites for hydroxylation is 1. The molecule has 0 bridgehead atoms. The van der Waals surface area contributed by atoms with Crippen LogP contribution < -0.4 is 10.1 Å². The van der Waals surface area contributed by atoms with Crippen molar-refractivity contribution < 1.29 is 4.74 Å². The second-order valence-electron chi connectivity index (χ2n) is 4.44. The third kappa shape index (κ3) is 2.90. The van der Waals surface area contributed by atoms with Gasteiger partial charge >= 0.3 is 0 Å². The average Bonchev–Trinajstić information content (AvgIpc) is 2.90. The van der Waals surface area contributed by atoms with Crippen molar-refractivity contribution in [3.8, 4) is 5.75 Å². The molecular formula is C14H19N3O. The van der Waals surface area contributed by atoms with Gasteiger partial charge in [0, 0.05) is 24.3 Å². The maximum atomic E-state index is 5.25. The van der Waals surface area contributed by atoms with Gasteiger partial charge in [0.2, 0.25) is 0 Å². The second kappa shape index (κ2) is 5.69. The van der Waals surface area contributed by atoms with Crippen molar-refractivity contribution in [2.45, 2.75) is 26.4 Å². The smallest absolute Gasteiger partial charge is 0.121 e. The first-order valence-corrected chi connectivity index (χ1v) is 6.06. The summed E-state index contributed by atoms with van der Waals surface area (Å²) in [5.41, 5.74) is 3.58. The molecule has 0 saturated carbocycles. The van der Waals surface area contributed by atoms with E-state index in [1.807, 2.05) is 18.5 Å². The first kappa shape index (κ1) is 12.6. The molecule has 4 heteroatoms. The Morgan fingerprint density at radius 1 is 1.44 bits per heavy atom. The molecule has 2 N–H and O–H groups in total. The molecule has 0 saturated heterocycles. The molecule has 2 aromatic rings. The summed E-state index contributed by atoms with van der Waals surface area (Å²) in [6, 6.07) is 6.52. The van der Waals surface area contributed by atoms with Gasteiger partial charge in [-0.3, -0.25) is 5.10 Å². The Morgan fingerprint density at radius 2 is 2.28 bits per heavy atom. The SMILES string of the molecule is COc1ccc(CNC(C)c2cn[nH]c2)cc1C. The van der Waals surface area contributed by atoms with Gasteiger partial charge in [-0.2, -0.15) is 5.10 Å². The molecule has 0 fully saturated rings. The van der Waals surface area contributed by atoms with E-state index in [1.165, 1.54) is 11.1 Å². The molecule has 0 aliphatic heterocycles. The maximum absolute atomic E-state index is 5.25. The molecule has 1 heterocycles. The number of nitrogens with one attached hydrogen (secondary N) is 2. The fourth-order valence-corrected chi connectivity index (χ4v) is 1.94. The second-order valence-corrected chi connectivity index (χ2v) is 4.44. The van der Waals surface area contributed by atoms with E-state index in [4.69, 9.17) is 4.74 Å². The molecule has 1 aromatic heterocycles. The lowest BCUT2D eigenvalue weighted by Crippen LogP contribution is -2.17. The number of hydrogen-bond donors (Lipinski definition) is 2. The summed E-state index contributed by atoms with van der Waals surface area (Å²) in [6.07, 6.45) is 3.76. The van der Waals surface area contributed by atoms with Crippen LogP contribution in [0.2, 0.25) is 0 Å². The van der Waals surface area contributed by atoms with Gasteiger partial charge in [-0.1, -0.05) is 12.1 Å². The molecule has 18 heavy (non-hydrogen) atoms. The van der Waals surface area contributed by atoms with Gasteiger partial charge in [-0.15, -0.1) is 0 Å². The minimum absolute atomic E-state index is 0.283. The molecule has 0 aliphatic carbocycles. The van der Waals surface area contributed by atoms with Crippen molar-refractivity contribution in [2.24, 2.45) is 0 Å². The molecule has 0 amide bonds. The number of H-pyrrole nitrogens is 1. The summed E-state index contributed by atoms with van der Waals surface area (Å²) in [5, 5.41) is 10.2. The molecule has 1 unspecified atom stereocenters. The summed E-state index contributed by atoms with van der Waals surface area (Å²) in [6.45, 7) is 5.01. The minimum atomic E-state index is 0.283. The van der Waals surface area contributed by atoms with Crippen molar-refractivity contribution in [2.75, 3.05) is 7.11 Å². The minimum Gasteiger partial charge on any atom is -0.496 e. The fourth-order valence-electron chi connectivity index (χ4n) is 1.94. The Morgan fingerprint density at radius 3 is 2.89 bits per heavy atom. The summed E-state index contributed by atoms with van der Waals surface area (Å²) < 4.78 is 5.25. The van der Waals surface area contributed by atoms with Crippen molar-refractivity contribution in [3.05, 3.63) is 47.3 Å². The van der Waals surface area contributed by atoms with Crippen LogP contribution in [0.4, 0.5) is 0 Å². The third-order valence-corrected chi connectivity index (χ3v) is 3.09. The Bertz CT molecular complexity index is 494. The van der Waals surface area contributed by atoms with Gasteiger partial charge < -0.3 is 10.1 Å². The van der Waals surface area contributed by atoms with E-state index >= 15 is 0 Å². The topological polar surface area (TPSA) is 49.9 Å². The number of aromatic amines is 1. The summed E-state index contributed by atoms with van der Waals surface area (Å²) in [7, 11) is 1.70. The highest BCUT2D eigenvalue weighted by Gasteiger charge is 2.06. The van der Waals surface area contributed by atoms with Crippen LogP contribution in [0.5, 0.6) is 5.75 Å². The van der Waals surface area contributed by atoms with Gasteiger partial charge in [0.05, 0.1) is 13.3 Å². The van der Waals surface area contributed by atoms with E-state index in [2.05, 4.69) is 41.5 Å². The molecule has 2 rings (SSSR count). The van der Waals surface area contributed by atoms with E-state index in [0.29, 0.717) is 0 Å². The van der Waals surface area contributed by atoms with E-state index in [1.54, 1.807) is 7.11 Å². The van der Waals surface area contributed by atoms with Gasteiger partial charge in [-0.05, 0) is 31.0 Å². The summed E-state index contributed by atoms with van der Waals surface area (Å²) in [5.74, 6) is 0.932. The molecule has 1 aromatic carbocycles. The highest BCUT2D eigenvalue weighted by molar-refractivity contribution is 5.36. The lowest BCUT2D eigenvalue weighted by Gasteiger charge is -2.13. The number of ether oxygens (including phenoxy) is 1. The van der Waals surface area contributed by atoms with E-state index < -0.39 is 0 Å². The van der Waals surface area contributed by atoms with Crippen molar-refractivity contribution in [3.63, 3.8) is 0 Å². The lowest BCUT2D eigenvalue weighted by atomic mass is 10.1. The first-order chi connectivity index (χ1) is 8.70. The van der Waals surface area contributed by atoms with Crippen LogP contribution >= 0.6 is 0 Å². The number of benzene rings is 1. The lowest BCUT2D eigenvalue weighted by molar-refractivity contribution is 0.411. The maximum Gasteiger partial charge on any atom is 0.121 e. The van der Waals surface area contributed by atoms with Crippen LogP contribution in [0.3, 0.4) is 0 Å². The zero-order chi connectivity index (χ0) is 13.0. The van der Waals surface area contributed by atoms with Gasteiger partial charge in [0.15, 0.2) is 0 Å². The van der Waals surface area contributed by atoms with Crippen LogP contribution in [0.25, 0.3) is 0 Å². The Hall–Kier alpha value is -1.81. The third-order valence-electron chi connectivity index (χ3n) is 3.09. The van der Waals surface area contributed by atoms with Crippen molar-refractivity contribution in [1.82, 2.24) is 15.5 Å². The molecule has 0 spiro atoms. The van der Waals surface area contributed by atoms with Crippen LogP contribution in [0, 0.1) is 6.92 Å². The summed E-state index contributed by atoms with van der Waals surface area (Å²) >= 11 is 0. The molecule has 96 valence electrons. The quantitative estimate of drug-likeness (QED) is 0.851. The van der Waals surface area contributed by atoms with Crippen LogP contribution in [0.1, 0.15) is 29.7 Å². The highest BCUT2D eigenvalue weighted by atomic mass is 16.5. The molecule has 4 nitrogen and oxygen atoms in total. The number of rotatable bonds is 5. The Labute approximate surface area is 107 Å². The van der Waals surface area contributed by atoms with Crippen LogP contribution in [0.15, 0.2) is 30.6 Å². The number of nitrogens with zero attached hydrogens (tertiary/aromatic N) is 1. The predicted octanol–water partition coefficient (Wildman–Crippen LogP) is 2.58. The van der Waals surface area contributed by atoms with Gasteiger partial charge in [0.25, 0.3) is 0 Å². The fraction of sp³-hybridized carbons (Fsp3) is 0.357. The monoisotopic (exact) mass is 245 g/mol. The van der Waals surface area contributed by atoms with Crippen LogP contribution in [-0.2, 0) is 6.54 Å². The number of hydrogen-bond acceptors (Lipinski definition) is 3. The van der Waals surface area contributed by atoms with Crippen molar-refractivity contribution in [1.29, 1.82) is 0 Å². The Balaban J connectivity index is 1.96. The zero-order valence-corrected chi connectivity index (χ0v) is 11.0. The average molecular weight is 245 g/mol. The van der Waals surface area contributed by atoms with E-state index in [9.17, 15) is 0 Å². The zero-order valence-electron chi connectivity index (χ0n) is 11.0. The highest BCUT2D eigenvalue weighted by Crippen LogP contribution is 2.19. The molecule has 0 aliphatic rings. The van der Waals surface area contributed by atoms with Gasteiger partial charge in [-0.25, -0.2) is 0 Å². The normalized spacial score (nSPS) is 12.4. The van der Waals surface area contributed by atoms with E-state index in [-0.39, 0.29) is 6.04 Å². The first-order valence-electron chi connectivity index (χ1n) is 6.06. The molecule has 1 atom stereocenters. The molecular weight excluding hydrogens is 226 g/mol. The number of aromatic nitrogens is 2. The largest absolute Gasteiger partial charge is 0.496 e. The standard InChI is InChI=1S/C14H19N3O/c1-10-6-12(4-5-14(10)18-3)7-15-11(2)13-8-16-17-9-13/h4-6,8-9,11,15H,7H2,1-3H3,(H,16,17). The van der Waals surface area contributed by atoms with Gasteiger partial charge in [0.1, 0.15) is 5.75 Å². The van der Waals surface area contributed by atoms with Crippen LogP contribution in [-0.4, -0.2) is 17.3 Å².